The van der Waals surface area contributed by atoms with Gasteiger partial charge in [-0.25, -0.2) is 9.78 Å². The minimum atomic E-state index is -0.407. The van der Waals surface area contributed by atoms with Gasteiger partial charge in [0.05, 0.1) is 25.5 Å². The molecular formula is C14H22N2O4S. The van der Waals surface area contributed by atoms with E-state index in [2.05, 4.69) is 4.98 Å². The second-order valence-corrected chi connectivity index (χ2v) is 5.53. The lowest BCUT2D eigenvalue weighted by atomic mass is 10.3. The largest absolute Gasteiger partial charge is 0.465 e. The lowest BCUT2D eigenvalue weighted by molar-refractivity contribution is -0.145. The first-order valence-corrected chi connectivity index (χ1v) is 7.87. The summed E-state index contributed by atoms with van der Waals surface area (Å²) >= 11 is 1.25. The van der Waals surface area contributed by atoms with Crippen LogP contribution >= 0.6 is 11.3 Å². The fourth-order valence-electron chi connectivity index (χ4n) is 1.67. The zero-order valence-corrected chi connectivity index (χ0v) is 13.7. The number of hydrogen-bond acceptors (Lipinski definition) is 7. The molecule has 0 N–H and O–H groups in total. The molecule has 118 valence electrons. The number of esters is 2. The molecule has 21 heavy (non-hydrogen) atoms. The van der Waals surface area contributed by atoms with Crippen molar-refractivity contribution < 1.29 is 19.1 Å². The van der Waals surface area contributed by atoms with Crippen molar-refractivity contribution in [2.45, 2.75) is 40.3 Å². The van der Waals surface area contributed by atoms with E-state index in [0.29, 0.717) is 24.8 Å². The normalized spacial score (nSPS) is 11.0. The Bertz CT molecular complexity index is 473. The maximum atomic E-state index is 11.6. The van der Waals surface area contributed by atoms with E-state index in [0.717, 1.165) is 5.69 Å². The number of carbonyl (C=O) groups is 2. The molecule has 0 aliphatic rings. The Kier molecular flexibility index (Phi) is 7.31. The molecule has 0 spiro atoms. The van der Waals surface area contributed by atoms with E-state index in [4.69, 9.17) is 9.47 Å². The molecule has 0 radical (unpaired) electrons. The number of hydrogen-bond donors (Lipinski definition) is 0. The molecule has 0 unspecified atom stereocenters. The van der Waals surface area contributed by atoms with E-state index in [1.165, 1.54) is 11.3 Å². The maximum Gasteiger partial charge on any atom is 0.367 e. The van der Waals surface area contributed by atoms with Crippen LogP contribution in [0.1, 0.15) is 43.2 Å². The highest BCUT2D eigenvalue weighted by Crippen LogP contribution is 2.14. The van der Waals surface area contributed by atoms with Gasteiger partial charge >= 0.3 is 11.9 Å². The van der Waals surface area contributed by atoms with Crippen LogP contribution in [0.15, 0.2) is 5.38 Å². The molecular weight excluding hydrogens is 292 g/mol. The highest BCUT2D eigenvalue weighted by atomic mass is 32.1. The molecule has 0 amide bonds. The van der Waals surface area contributed by atoms with E-state index in [9.17, 15) is 9.59 Å². The average molecular weight is 314 g/mol. The van der Waals surface area contributed by atoms with Crippen LogP contribution in [0.25, 0.3) is 0 Å². The van der Waals surface area contributed by atoms with Gasteiger partial charge in [0, 0.05) is 18.0 Å². The van der Waals surface area contributed by atoms with Crippen molar-refractivity contribution in [3.63, 3.8) is 0 Å². The molecule has 0 fully saturated rings. The minimum absolute atomic E-state index is 0.169. The van der Waals surface area contributed by atoms with Crippen LogP contribution in [-0.4, -0.2) is 47.6 Å². The molecule has 1 aromatic heterocycles. The van der Waals surface area contributed by atoms with E-state index in [-0.39, 0.29) is 18.6 Å². The van der Waals surface area contributed by atoms with Crippen LogP contribution < -0.4 is 0 Å². The zero-order chi connectivity index (χ0) is 15.8. The van der Waals surface area contributed by atoms with Crippen molar-refractivity contribution >= 4 is 23.3 Å². The number of rotatable bonds is 8. The van der Waals surface area contributed by atoms with E-state index < -0.39 is 5.97 Å². The van der Waals surface area contributed by atoms with Gasteiger partial charge in [0.1, 0.15) is 0 Å². The molecule has 1 aromatic rings. The monoisotopic (exact) mass is 314 g/mol. The SMILES string of the molecule is CCOC(=O)CN(Cc1csc(C(=O)OCC)n1)C(C)C. The van der Waals surface area contributed by atoms with Crippen LogP contribution in [0.2, 0.25) is 0 Å². The molecule has 0 aliphatic carbocycles. The van der Waals surface area contributed by atoms with E-state index in [1.54, 1.807) is 13.8 Å². The van der Waals surface area contributed by atoms with Crippen LogP contribution in [0, 0.1) is 0 Å². The molecule has 7 heteroatoms. The lowest BCUT2D eigenvalue weighted by Gasteiger charge is -2.24. The van der Waals surface area contributed by atoms with Gasteiger partial charge in [-0.05, 0) is 27.7 Å². The summed E-state index contributed by atoms with van der Waals surface area (Å²) in [4.78, 5) is 29.4. The second-order valence-electron chi connectivity index (χ2n) is 4.67. The second kappa shape index (κ2) is 8.74. The average Bonchev–Trinajstić information content (AvgIpc) is 2.87. The Labute approximate surface area is 129 Å². The molecule has 6 nitrogen and oxygen atoms in total. The van der Waals surface area contributed by atoms with Crippen molar-refractivity contribution in [3.8, 4) is 0 Å². The van der Waals surface area contributed by atoms with Crippen LogP contribution in [0.4, 0.5) is 0 Å². The molecule has 0 saturated carbocycles. The van der Waals surface area contributed by atoms with Crippen molar-refractivity contribution in [1.82, 2.24) is 9.88 Å². The molecule has 0 saturated heterocycles. The van der Waals surface area contributed by atoms with Gasteiger partial charge in [0.2, 0.25) is 5.01 Å². The van der Waals surface area contributed by atoms with Crippen LogP contribution in [0.3, 0.4) is 0 Å². The predicted octanol–water partition coefficient (Wildman–Crippen LogP) is 2.09. The summed E-state index contributed by atoms with van der Waals surface area (Å²) in [5.41, 5.74) is 0.751. The highest BCUT2D eigenvalue weighted by molar-refractivity contribution is 7.11. The van der Waals surface area contributed by atoms with E-state index >= 15 is 0 Å². The van der Waals surface area contributed by atoms with Gasteiger partial charge in [0.25, 0.3) is 0 Å². The van der Waals surface area contributed by atoms with Crippen LogP contribution in [0.5, 0.6) is 0 Å². The quantitative estimate of drug-likeness (QED) is 0.684. The fourth-order valence-corrected chi connectivity index (χ4v) is 2.37. The maximum absolute atomic E-state index is 11.6. The summed E-state index contributed by atoms with van der Waals surface area (Å²) < 4.78 is 9.87. The van der Waals surface area contributed by atoms with Crippen molar-refractivity contribution in [1.29, 1.82) is 0 Å². The third-order valence-electron chi connectivity index (χ3n) is 2.73. The van der Waals surface area contributed by atoms with Gasteiger partial charge in [-0.1, -0.05) is 0 Å². The Morgan fingerprint density at radius 1 is 1.29 bits per heavy atom. The Balaban J connectivity index is 2.67. The summed E-state index contributed by atoms with van der Waals surface area (Å²) in [6.45, 7) is 8.93. The van der Waals surface area contributed by atoms with Gasteiger partial charge in [-0.15, -0.1) is 11.3 Å². The number of aromatic nitrogens is 1. The van der Waals surface area contributed by atoms with Crippen LogP contribution in [-0.2, 0) is 20.8 Å². The van der Waals surface area contributed by atoms with E-state index in [1.807, 2.05) is 24.1 Å². The van der Waals surface area contributed by atoms with Crippen molar-refractivity contribution in [3.05, 3.63) is 16.1 Å². The number of thiazole rings is 1. The standard InChI is InChI=1S/C14H22N2O4S/c1-5-19-12(17)8-16(10(3)4)7-11-9-21-13(15-11)14(18)20-6-2/h9-10H,5-8H2,1-4H3. The fraction of sp³-hybridized carbons (Fsp3) is 0.643. The minimum Gasteiger partial charge on any atom is -0.465 e. The number of nitrogens with zero attached hydrogens (tertiary/aromatic N) is 2. The van der Waals surface area contributed by atoms with Gasteiger partial charge in [0.15, 0.2) is 0 Å². The molecule has 0 aromatic carbocycles. The third-order valence-corrected chi connectivity index (χ3v) is 3.61. The summed E-state index contributed by atoms with van der Waals surface area (Å²) in [6.07, 6.45) is 0. The predicted molar refractivity (Wildman–Crippen MR) is 80.2 cm³/mol. The molecule has 1 rings (SSSR count). The lowest BCUT2D eigenvalue weighted by Crippen LogP contribution is -2.36. The van der Waals surface area contributed by atoms with Gasteiger partial charge < -0.3 is 9.47 Å². The number of carbonyl (C=O) groups excluding carboxylic acids is 2. The van der Waals surface area contributed by atoms with Gasteiger partial charge in [-0.3, -0.25) is 9.69 Å². The Morgan fingerprint density at radius 3 is 2.52 bits per heavy atom. The summed E-state index contributed by atoms with van der Waals surface area (Å²) in [5, 5.41) is 2.15. The van der Waals surface area contributed by atoms with Crippen molar-refractivity contribution in [2.75, 3.05) is 19.8 Å². The van der Waals surface area contributed by atoms with Gasteiger partial charge in [-0.2, -0.15) is 0 Å². The topological polar surface area (TPSA) is 68.7 Å². The third kappa shape index (κ3) is 5.81. The molecule has 0 aliphatic heterocycles. The first-order valence-electron chi connectivity index (χ1n) is 6.99. The molecule has 1 heterocycles. The first kappa shape index (κ1) is 17.6. The Morgan fingerprint density at radius 2 is 1.95 bits per heavy atom. The molecule has 0 atom stereocenters. The summed E-state index contributed by atoms with van der Waals surface area (Å²) in [6, 6.07) is 0.169. The Hall–Kier alpha value is -1.47. The smallest absolute Gasteiger partial charge is 0.367 e. The molecule has 0 bridgehead atoms. The summed E-state index contributed by atoms with van der Waals surface area (Å²) in [7, 11) is 0. The zero-order valence-electron chi connectivity index (χ0n) is 12.9. The number of ether oxygens (including phenoxy) is 2. The van der Waals surface area contributed by atoms with Crippen molar-refractivity contribution in [2.24, 2.45) is 0 Å². The highest BCUT2D eigenvalue weighted by Gasteiger charge is 2.18. The first-order chi connectivity index (χ1) is 9.97. The summed E-state index contributed by atoms with van der Waals surface area (Å²) in [5.74, 6) is -0.665.